The first-order valence-corrected chi connectivity index (χ1v) is 6.23. The van der Waals surface area contributed by atoms with E-state index in [9.17, 15) is 9.59 Å². The summed E-state index contributed by atoms with van der Waals surface area (Å²) in [6, 6.07) is 7.15. The van der Waals surface area contributed by atoms with Gasteiger partial charge in [-0.25, -0.2) is 16.4 Å². The minimum atomic E-state index is -0.681. The molecule has 0 fully saturated rings. The molecule has 0 aliphatic heterocycles. The highest BCUT2D eigenvalue weighted by Crippen LogP contribution is 2.16. The number of nitrogen functional groups attached to an aromatic ring is 2. The first-order valence-electron chi connectivity index (χ1n) is 5.44. The predicted octanol–water partition coefficient (Wildman–Crippen LogP) is -0.158. The van der Waals surface area contributed by atoms with Crippen LogP contribution >= 0.6 is 15.9 Å². The fourth-order valence-electron chi connectivity index (χ4n) is 1.58. The van der Waals surface area contributed by atoms with Crippen LogP contribution in [-0.2, 0) is 0 Å². The second-order valence-electron chi connectivity index (χ2n) is 3.76. The molecule has 104 valence electrons. The largest absolute Gasteiger partial charge is 0.290 e. The average Bonchev–Trinajstić information content (AvgIpc) is 2.91. The predicted molar refractivity (Wildman–Crippen MR) is 74.6 cm³/mol. The molecular formula is C11H11BrN6O2. The zero-order chi connectivity index (χ0) is 14.7. The highest BCUT2D eigenvalue weighted by atomic mass is 79.9. The van der Waals surface area contributed by atoms with E-state index in [4.69, 9.17) is 11.7 Å². The molecule has 0 unspecified atom stereocenters. The van der Waals surface area contributed by atoms with Crippen LogP contribution in [0.2, 0.25) is 0 Å². The molecule has 0 atom stereocenters. The zero-order valence-corrected chi connectivity index (χ0v) is 11.7. The lowest BCUT2D eigenvalue weighted by atomic mass is 10.2. The molecule has 2 amide bonds. The van der Waals surface area contributed by atoms with Gasteiger partial charge in [0.05, 0.1) is 11.3 Å². The van der Waals surface area contributed by atoms with E-state index in [1.807, 2.05) is 23.0 Å². The van der Waals surface area contributed by atoms with Gasteiger partial charge < -0.3 is 0 Å². The number of hydrogen-bond acceptors (Lipinski definition) is 5. The topological polar surface area (TPSA) is 128 Å². The molecule has 0 saturated heterocycles. The molecule has 2 aromatic rings. The number of benzene rings is 1. The van der Waals surface area contributed by atoms with E-state index in [2.05, 4.69) is 21.0 Å². The second kappa shape index (κ2) is 5.82. The van der Waals surface area contributed by atoms with Gasteiger partial charge in [-0.1, -0.05) is 15.9 Å². The van der Waals surface area contributed by atoms with Crippen molar-refractivity contribution in [1.82, 2.24) is 20.6 Å². The molecule has 9 heteroatoms. The Kier molecular flexibility index (Phi) is 4.13. The van der Waals surface area contributed by atoms with Crippen LogP contribution in [0.4, 0.5) is 0 Å². The molecule has 6 N–H and O–H groups in total. The number of hydrogen-bond donors (Lipinski definition) is 4. The number of nitrogens with zero attached hydrogens (tertiary/aromatic N) is 2. The van der Waals surface area contributed by atoms with Gasteiger partial charge in [-0.05, 0) is 24.3 Å². The molecule has 0 bridgehead atoms. The first kappa shape index (κ1) is 14.2. The summed E-state index contributed by atoms with van der Waals surface area (Å²) in [5.74, 6) is 8.83. The highest BCUT2D eigenvalue weighted by molar-refractivity contribution is 9.10. The summed E-state index contributed by atoms with van der Waals surface area (Å²) in [4.78, 5) is 23.2. The van der Waals surface area contributed by atoms with Crippen molar-refractivity contribution in [3.8, 4) is 5.69 Å². The maximum Gasteiger partial charge on any atom is 0.286 e. The summed E-state index contributed by atoms with van der Waals surface area (Å²) in [6.45, 7) is 0. The number of amides is 2. The van der Waals surface area contributed by atoms with Crippen LogP contribution in [0.3, 0.4) is 0 Å². The van der Waals surface area contributed by atoms with Crippen LogP contribution in [-0.4, -0.2) is 21.6 Å². The molecule has 1 aromatic heterocycles. The fraction of sp³-hybridized carbons (Fsp3) is 0. The van der Waals surface area contributed by atoms with Crippen molar-refractivity contribution in [2.45, 2.75) is 0 Å². The van der Waals surface area contributed by atoms with E-state index in [0.717, 1.165) is 4.47 Å². The quantitative estimate of drug-likeness (QED) is 0.351. The van der Waals surface area contributed by atoms with Crippen LogP contribution < -0.4 is 22.5 Å². The normalized spacial score (nSPS) is 10.2. The Labute approximate surface area is 122 Å². The van der Waals surface area contributed by atoms with E-state index < -0.39 is 11.8 Å². The van der Waals surface area contributed by atoms with E-state index in [1.54, 1.807) is 12.1 Å². The molecule has 0 aliphatic rings. The van der Waals surface area contributed by atoms with Crippen LogP contribution in [0.25, 0.3) is 5.69 Å². The number of carbonyl (C=O) groups excluding carboxylic acids is 2. The third-order valence-electron chi connectivity index (χ3n) is 2.53. The number of aromatic nitrogens is 2. The standard InChI is InChI=1S/C11H11BrN6O2/c12-6-1-3-7(4-2-6)18-5-8(10(19)15-13)9(17-18)11(20)16-14/h1-5H,13-14H2,(H,15,19)(H,16,20). The van der Waals surface area contributed by atoms with Crippen molar-refractivity contribution < 1.29 is 9.59 Å². The summed E-state index contributed by atoms with van der Waals surface area (Å²) < 4.78 is 2.29. The molecule has 0 spiro atoms. The van der Waals surface area contributed by atoms with Gasteiger partial charge in [-0.15, -0.1) is 0 Å². The van der Waals surface area contributed by atoms with E-state index in [1.165, 1.54) is 10.9 Å². The average molecular weight is 339 g/mol. The minimum Gasteiger partial charge on any atom is -0.290 e. The van der Waals surface area contributed by atoms with Crippen molar-refractivity contribution >= 4 is 27.7 Å². The molecule has 2 rings (SSSR count). The number of nitrogens with two attached hydrogens (primary N) is 2. The van der Waals surface area contributed by atoms with Crippen molar-refractivity contribution in [1.29, 1.82) is 0 Å². The number of nitrogens with one attached hydrogen (secondary N) is 2. The SMILES string of the molecule is NNC(=O)c1cn(-c2ccc(Br)cc2)nc1C(=O)NN. The number of rotatable bonds is 3. The number of hydrazine groups is 2. The molecule has 0 aliphatic carbocycles. The molecule has 1 aromatic carbocycles. The van der Waals surface area contributed by atoms with E-state index in [0.29, 0.717) is 5.69 Å². The Morgan fingerprint density at radius 1 is 1.10 bits per heavy atom. The van der Waals surface area contributed by atoms with Crippen LogP contribution in [0.1, 0.15) is 20.8 Å². The number of halogens is 1. The summed E-state index contributed by atoms with van der Waals surface area (Å²) in [5.41, 5.74) is 4.48. The van der Waals surface area contributed by atoms with Crippen LogP contribution in [0, 0.1) is 0 Å². The van der Waals surface area contributed by atoms with Gasteiger partial charge in [0.15, 0.2) is 5.69 Å². The van der Waals surface area contributed by atoms with Crippen molar-refractivity contribution in [2.24, 2.45) is 11.7 Å². The summed E-state index contributed by atoms with van der Waals surface area (Å²) in [6.07, 6.45) is 1.40. The maximum absolute atomic E-state index is 11.6. The second-order valence-corrected chi connectivity index (χ2v) is 4.67. The lowest BCUT2D eigenvalue weighted by Gasteiger charge is -2.00. The molecule has 0 saturated carbocycles. The summed E-state index contributed by atoms with van der Waals surface area (Å²) >= 11 is 3.32. The summed E-state index contributed by atoms with van der Waals surface area (Å²) in [7, 11) is 0. The summed E-state index contributed by atoms with van der Waals surface area (Å²) in [5, 5.41) is 4.04. The van der Waals surface area contributed by atoms with Gasteiger partial charge in [-0.3, -0.25) is 20.4 Å². The van der Waals surface area contributed by atoms with E-state index >= 15 is 0 Å². The van der Waals surface area contributed by atoms with Gasteiger partial charge in [0, 0.05) is 10.7 Å². The Bertz CT molecular complexity index is 618. The van der Waals surface area contributed by atoms with Crippen molar-refractivity contribution in [3.05, 3.63) is 46.2 Å². The van der Waals surface area contributed by atoms with Gasteiger partial charge >= 0.3 is 0 Å². The fourth-order valence-corrected chi connectivity index (χ4v) is 1.84. The molecular weight excluding hydrogens is 328 g/mol. The smallest absolute Gasteiger partial charge is 0.286 e. The Balaban J connectivity index is 2.51. The van der Waals surface area contributed by atoms with E-state index in [-0.39, 0.29) is 11.3 Å². The third-order valence-corrected chi connectivity index (χ3v) is 3.06. The van der Waals surface area contributed by atoms with Gasteiger partial charge in [-0.2, -0.15) is 5.10 Å². The molecule has 0 radical (unpaired) electrons. The van der Waals surface area contributed by atoms with Gasteiger partial charge in [0.1, 0.15) is 0 Å². The van der Waals surface area contributed by atoms with Crippen molar-refractivity contribution in [2.75, 3.05) is 0 Å². The lowest BCUT2D eigenvalue weighted by Crippen LogP contribution is -2.35. The Morgan fingerprint density at radius 2 is 1.70 bits per heavy atom. The first-order chi connectivity index (χ1) is 9.56. The minimum absolute atomic E-state index is 0.0263. The molecule has 8 nitrogen and oxygen atoms in total. The Hall–Kier alpha value is -2.23. The van der Waals surface area contributed by atoms with Gasteiger partial charge in [0.2, 0.25) is 0 Å². The molecule has 1 heterocycles. The monoisotopic (exact) mass is 338 g/mol. The van der Waals surface area contributed by atoms with Crippen LogP contribution in [0.5, 0.6) is 0 Å². The zero-order valence-electron chi connectivity index (χ0n) is 10.1. The van der Waals surface area contributed by atoms with Crippen molar-refractivity contribution in [3.63, 3.8) is 0 Å². The van der Waals surface area contributed by atoms with Crippen LogP contribution in [0.15, 0.2) is 34.9 Å². The highest BCUT2D eigenvalue weighted by Gasteiger charge is 2.21. The van der Waals surface area contributed by atoms with Gasteiger partial charge in [0.25, 0.3) is 11.8 Å². The maximum atomic E-state index is 11.6. The third kappa shape index (κ3) is 2.69. The lowest BCUT2D eigenvalue weighted by molar-refractivity contribution is 0.0917. The molecule has 20 heavy (non-hydrogen) atoms. The number of carbonyl (C=O) groups is 2. The Morgan fingerprint density at radius 3 is 2.25 bits per heavy atom.